The second kappa shape index (κ2) is 5.99. The number of nitro groups is 1. The number of hydrogen-bond donors (Lipinski definition) is 1. The fraction of sp³-hybridized carbons (Fsp3) is 0.125. The molecule has 1 N–H and O–H groups in total. The van der Waals surface area contributed by atoms with E-state index in [9.17, 15) is 10.1 Å². The predicted octanol–water partition coefficient (Wildman–Crippen LogP) is 4.88. The van der Waals surface area contributed by atoms with Crippen molar-refractivity contribution in [2.24, 2.45) is 0 Å². The van der Waals surface area contributed by atoms with Crippen LogP contribution in [0.25, 0.3) is 10.9 Å². The Morgan fingerprint density at radius 2 is 1.91 bits per heavy atom. The Balaban J connectivity index is 2.16. The molecule has 0 fully saturated rings. The van der Waals surface area contributed by atoms with Gasteiger partial charge >= 0.3 is 0 Å². The summed E-state index contributed by atoms with van der Waals surface area (Å²) in [6, 6.07) is 12.8. The van der Waals surface area contributed by atoms with Gasteiger partial charge in [-0.3, -0.25) is 10.1 Å². The van der Waals surface area contributed by atoms with Gasteiger partial charge in [-0.25, -0.2) is 0 Å². The summed E-state index contributed by atoms with van der Waals surface area (Å²) in [6.45, 7) is -0.233. The highest BCUT2D eigenvalue weighted by Gasteiger charge is 2.25. The quantitative estimate of drug-likeness (QED) is 0.545. The fourth-order valence-corrected chi connectivity index (χ4v) is 3.22. The number of nitrogens with one attached hydrogen (secondary N) is 1. The van der Waals surface area contributed by atoms with E-state index in [1.165, 1.54) is 0 Å². The van der Waals surface area contributed by atoms with E-state index in [0.717, 1.165) is 16.5 Å². The van der Waals surface area contributed by atoms with E-state index in [2.05, 4.69) is 4.98 Å². The highest BCUT2D eigenvalue weighted by molar-refractivity contribution is 6.35. The normalized spacial score (nSPS) is 12.5. The fourth-order valence-electron chi connectivity index (χ4n) is 2.68. The van der Waals surface area contributed by atoms with E-state index < -0.39 is 5.92 Å². The molecule has 0 aliphatic heterocycles. The first-order chi connectivity index (χ1) is 10.6. The van der Waals surface area contributed by atoms with Crippen LogP contribution in [0.4, 0.5) is 0 Å². The molecule has 0 saturated heterocycles. The van der Waals surface area contributed by atoms with Crippen LogP contribution in [-0.2, 0) is 0 Å². The summed E-state index contributed by atoms with van der Waals surface area (Å²) in [7, 11) is 0. The summed E-state index contributed by atoms with van der Waals surface area (Å²) in [5, 5.41) is 13.0. The Kier molecular flexibility index (Phi) is 4.05. The average molecular weight is 335 g/mol. The molecule has 0 unspecified atom stereocenters. The number of fused-ring (bicyclic) bond motifs is 1. The lowest BCUT2D eigenvalue weighted by atomic mass is 9.91. The third-order valence-corrected chi connectivity index (χ3v) is 4.23. The standard InChI is InChI=1S/C16H12Cl2N2O2/c17-10-5-6-11(15(18)7-10)14(9-20(21)22)13-8-19-16-4-2-1-3-12(13)16/h1-8,14,19H,9H2/t14-/m0/s1. The summed E-state index contributed by atoms with van der Waals surface area (Å²) >= 11 is 12.2. The Morgan fingerprint density at radius 3 is 2.64 bits per heavy atom. The third kappa shape index (κ3) is 2.80. The molecule has 22 heavy (non-hydrogen) atoms. The maximum Gasteiger partial charge on any atom is 0.214 e. The summed E-state index contributed by atoms with van der Waals surface area (Å²) in [4.78, 5) is 13.9. The summed E-state index contributed by atoms with van der Waals surface area (Å²) in [6.07, 6.45) is 1.81. The number of nitrogens with zero attached hydrogens (tertiary/aromatic N) is 1. The molecule has 0 bridgehead atoms. The van der Waals surface area contributed by atoms with Crippen molar-refractivity contribution in [3.05, 3.63) is 79.9 Å². The third-order valence-electron chi connectivity index (χ3n) is 3.67. The zero-order chi connectivity index (χ0) is 15.7. The largest absolute Gasteiger partial charge is 0.361 e. The highest BCUT2D eigenvalue weighted by Crippen LogP contribution is 2.35. The Labute approximate surface area is 136 Å². The first kappa shape index (κ1) is 14.9. The van der Waals surface area contributed by atoms with Crippen LogP contribution >= 0.6 is 23.2 Å². The molecule has 0 radical (unpaired) electrons. The molecule has 6 heteroatoms. The summed E-state index contributed by atoms with van der Waals surface area (Å²) in [5.41, 5.74) is 2.50. The monoisotopic (exact) mass is 334 g/mol. The lowest BCUT2D eigenvalue weighted by Gasteiger charge is -2.15. The minimum atomic E-state index is -0.434. The molecule has 0 saturated carbocycles. The van der Waals surface area contributed by atoms with Crippen LogP contribution < -0.4 is 0 Å². The van der Waals surface area contributed by atoms with E-state index in [1.54, 1.807) is 18.2 Å². The van der Waals surface area contributed by atoms with Gasteiger partial charge in [0.15, 0.2) is 0 Å². The van der Waals surface area contributed by atoms with Gasteiger partial charge in [0.1, 0.15) is 0 Å². The summed E-state index contributed by atoms with van der Waals surface area (Å²) < 4.78 is 0. The minimum Gasteiger partial charge on any atom is -0.361 e. The minimum absolute atomic E-state index is 0.233. The van der Waals surface area contributed by atoms with Crippen LogP contribution in [0.3, 0.4) is 0 Å². The van der Waals surface area contributed by atoms with Crippen LogP contribution in [0.1, 0.15) is 17.0 Å². The molecule has 0 spiro atoms. The van der Waals surface area contributed by atoms with E-state index in [1.807, 2.05) is 30.5 Å². The Hall–Kier alpha value is -2.04. The average Bonchev–Trinajstić information content (AvgIpc) is 2.89. The second-order valence-electron chi connectivity index (χ2n) is 5.02. The Morgan fingerprint density at radius 1 is 1.14 bits per heavy atom. The van der Waals surface area contributed by atoms with Crippen molar-refractivity contribution in [1.29, 1.82) is 0 Å². The zero-order valence-electron chi connectivity index (χ0n) is 11.4. The molecule has 0 aliphatic carbocycles. The number of rotatable bonds is 4. The number of halogens is 2. The smallest absolute Gasteiger partial charge is 0.214 e. The van der Waals surface area contributed by atoms with Gasteiger partial charge < -0.3 is 4.98 Å². The lowest BCUT2D eigenvalue weighted by Crippen LogP contribution is -2.14. The van der Waals surface area contributed by atoms with Crippen molar-refractivity contribution < 1.29 is 4.92 Å². The number of aromatic nitrogens is 1. The van der Waals surface area contributed by atoms with Crippen LogP contribution in [-0.4, -0.2) is 16.5 Å². The van der Waals surface area contributed by atoms with Crippen LogP contribution in [0.5, 0.6) is 0 Å². The zero-order valence-corrected chi connectivity index (χ0v) is 12.9. The molecule has 1 heterocycles. The lowest BCUT2D eigenvalue weighted by molar-refractivity contribution is -0.481. The van der Waals surface area contributed by atoms with Gasteiger partial charge in [-0.05, 0) is 29.3 Å². The van der Waals surface area contributed by atoms with Crippen LogP contribution in [0.2, 0.25) is 10.0 Å². The number of aromatic amines is 1. The van der Waals surface area contributed by atoms with Gasteiger partial charge in [0.25, 0.3) is 0 Å². The van der Waals surface area contributed by atoms with Crippen LogP contribution in [0.15, 0.2) is 48.7 Å². The number of benzene rings is 2. The van der Waals surface area contributed by atoms with Crippen molar-refractivity contribution in [2.45, 2.75) is 5.92 Å². The molecule has 0 aliphatic rings. The van der Waals surface area contributed by atoms with E-state index in [4.69, 9.17) is 23.2 Å². The Bertz CT molecular complexity index is 845. The maximum absolute atomic E-state index is 11.1. The van der Waals surface area contributed by atoms with Gasteiger partial charge in [0, 0.05) is 32.1 Å². The van der Waals surface area contributed by atoms with Gasteiger partial charge in [-0.2, -0.15) is 0 Å². The predicted molar refractivity (Wildman–Crippen MR) is 88.5 cm³/mol. The van der Waals surface area contributed by atoms with Crippen molar-refractivity contribution in [3.8, 4) is 0 Å². The summed E-state index contributed by atoms with van der Waals surface area (Å²) in [5.74, 6) is -0.434. The molecule has 3 rings (SSSR count). The maximum atomic E-state index is 11.1. The van der Waals surface area contributed by atoms with Crippen LogP contribution in [0, 0.1) is 10.1 Å². The molecule has 0 amide bonds. The van der Waals surface area contributed by atoms with Crippen molar-refractivity contribution in [1.82, 2.24) is 4.98 Å². The van der Waals surface area contributed by atoms with Gasteiger partial charge in [-0.1, -0.05) is 47.5 Å². The first-order valence-corrected chi connectivity index (χ1v) is 7.44. The SMILES string of the molecule is O=[N+]([O-])C[C@@H](c1ccc(Cl)cc1Cl)c1c[nH]c2ccccc12. The molecule has 2 aromatic carbocycles. The molecule has 4 nitrogen and oxygen atoms in total. The van der Waals surface area contributed by atoms with Gasteiger partial charge in [0.2, 0.25) is 6.54 Å². The molecule has 1 aromatic heterocycles. The highest BCUT2D eigenvalue weighted by atomic mass is 35.5. The topological polar surface area (TPSA) is 58.9 Å². The molecular formula is C16H12Cl2N2O2. The van der Waals surface area contributed by atoms with Crippen molar-refractivity contribution in [2.75, 3.05) is 6.54 Å². The van der Waals surface area contributed by atoms with E-state index in [0.29, 0.717) is 15.6 Å². The van der Waals surface area contributed by atoms with E-state index >= 15 is 0 Å². The van der Waals surface area contributed by atoms with Crippen molar-refractivity contribution in [3.63, 3.8) is 0 Å². The van der Waals surface area contributed by atoms with Gasteiger partial charge in [-0.15, -0.1) is 0 Å². The number of hydrogen-bond acceptors (Lipinski definition) is 2. The molecule has 112 valence electrons. The molecule has 3 aromatic rings. The number of H-pyrrole nitrogens is 1. The van der Waals surface area contributed by atoms with E-state index in [-0.39, 0.29) is 11.5 Å². The van der Waals surface area contributed by atoms with Crippen molar-refractivity contribution >= 4 is 34.1 Å². The first-order valence-electron chi connectivity index (χ1n) is 6.69. The number of para-hydroxylation sites is 1. The second-order valence-corrected chi connectivity index (χ2v) is 5.87. The van der Waals surface area contributed by atoms with Gasteiger partial charge in [0.05, 0.1) is 5.92 Å². The molecular weight excluding hydrogens is 323 g/mol. The molecule has 1 atom stereocenters.